The maximum absolute atomic E-state index is 13.4. The highest BCUT2D eigenvalue weighted by molar-refractivity contribution is 7.92. The van der Waals surface area contributed by atoms with Gasteiger partial charge in [0.15, 0.2) is 0 Å². The summed E-state index contributed by atoms with van der Waals surface area (Å²) in [5.74, 6) is -0.564. The standard InChI is InChI=1S/C22H20Cl2N2O3S/c1-15-11-12-16(2)20(13-15)26(30(28,29)17-7-4-3-5-8-17)14-21(27)25-22-18(23)9-6-10-19(22)24/h3-13H,14H2,1-2H3,(H,25,27). The van der Waals surface area contributed by atoms with Crippen molar-refractivity contribution >= 4 is 50.5 Å². The Morgan fingerprint density at radius 2 is 1.57 bits per heavy atom. The molecular formula is C22H20Cl2N2O3S. The van der Waals surface area contributed by atoms with Crippen LogP contribution >= 0.6 is 23.2 Å². The minimum atomic E-state index is -3.99. The molecule has 156 valence electrons. The number of amides is 1. The van der Waals surface area contributed by atoms with Crippen molar-refractivity contribution in [2.75, 3.05) is 16.2 Å². The lowest BCUT2D eigenvalue weighted by molar-refractivity contribution is -0.114. The Bertz CT molecular complexity index is 1160. The summed E-state index contributed by atoms with van der Waals surface area (Å²) in [5.41, 5.74) is 2.27. The summed E-state index contributed by atoms with van der Waals surface area (Å²) in [4.78, 5) is 12.9. The van der Waals surface area contributed by atoms with Gasteiger partial charge in [0.1, 0.15) is 6.54 Å². The van der Waals surface area contributed by atoms with Gasteiger partial charge in [0.05, 0.1) is 26.3 Å². The van der Waals surface area contributed by atoms with Crippen molar-refractivity contribution < 1.29 is 13.2 Å². The number of nitrogens with zero attached hydrogens (tertiary/aromatic N) is 1. The predicted octanol–water partition coefficient (Wildman–Crippen LogP) is 5.44. The molecule has 3 rings (SSSR count). The van der Waals surface area contributed by atoms with Crippen LogP contribution in [0.5, 0.6) is 0 Å². The van der Waals surface area contributed by atoms with Gasteiger partial charge in [-0.3, -0.25) is 9.10 Å². The highest BCUT2D eigenvalue weighted by atomic mass is 35.5. The Balaban J connectivity index is 2.02. The Morgan fingerprint density at radius 3 is 2.20 bits per heavy atom. The number of hydrogen-bond donors (Lipinski definition) is 1. The first kappa shape index (κ1) is 22.2. The number of sulfonamides is 1. The van der Waals surface area contributed by atoms with E-state index in [1.54, 1.807) is 49.4 Å². The third-order valence-electron chi connectivity index (χ3n) is 4.48. The van der Waals surface area contributed by atoms with Crippen LogP contribution in [0.4, 0.5) is 11.4 Å². The van der Waals surface area contributed by atoms with E-state index in [9.17, 15) is 13.2 Å². The molecule has 3 aromatic carbocycles. The first-order chi connectivity index (χ1) is 14.2. The number of hydrogen-bond acceptors (Lipinski definition) is 3. The van der Waals surface area contributed by atoms with Gasteiger partial charge in [0, 0.05) is 0 Å². The second-order valence-corrected chi connectivity index (χ2v) is 9.44. The van der Waals surface area contributed by atoms with E-state index in [1.165, 1.54) is 12.1 Å². The fourth-order valence-corrected chi connectivity index (χ4v) is 4.92. The van der Waals surface area contributed by atoms with Crippen molar-refractivity contribution in [2.45, 2.75) is 18.7 Å². The molecule has 3 aromatic rings. The molecular weight excluding hydrogens is 443 g/mol. The van der Waals surface area contributed by atoms with Crippen molar-refractivity contribution in [1.82, 2.24) is 0 Å². The fourth-order valence-electron chi connectivity index (χ4n) is 2.93. The Hall–Kier alpha value is -2.54. The SMILES string of the molecule is Cc1ccc(C)c(N(CC(=O)Nc2c(Cl)cccc2Cl)S(=O)(=O)c2ccccc2)c1. The number of benzene rings is 3. The molecule has 30 heavy (non-hydrogen) atoms. The van der Waals surface area contributed by atoms with E-state index in [4.69, 9.17) is 23.2 Å². The number of carbonyl (C=O) groups excluding carboxylic acids is 1. The molecule has 1 N–H and O–H groups in total. The van der Waals surface area contributed by atoms with E-state index in [1.807, 2.05) is 19.1 Å². The highest BCUT2D eigenvalue weighted by Crippen LogP contribution is 2.31. The van der Waals surface area contributed by atoms with E-state index < -0.39 is 22.5 Å². The van der Waals surface area contributed by atoms with Gasteiger partial charge in [-0.05, 0) is 55.3 Å². The maximum Gasteiger partial charge on any atom is 0.264 e. The zero-order valence-corrected chi connectivity index (χ0v) is 18.7. The molecule has 0 aliphatic carbocycles. The number of para-hydroxylation sites is 1. The number of carbonyl (C=O) groups is 1. The van der Waals surface area contributed by atoms with Crippen molar-refractivity contribution in [3.63, 3.8) is 0 Å². The molecule has 0 bridgehead atoms. The summed E-state index contributed by atoms with van der Waals surface area (Å²) in [6.07, 6.45) is 0. The van der Waals surface area contributed by atoms with E-state index in [2.05, 4.69) is 5.32 Å². The monoisotopic (exact) mass is 462 g/mol. The summed E-state index contributed by atoms with van der Waals surface area (Å²) >= 11 is 12.3. The Labute approximate surface area is 186 Å². The van der Waals surface area contributed by atoms with Gasteiger partial charge in [0.25, 0.3) is 10.0 Å². The predicted molar refractivity (Wildman–Crippen MR) is 122 cm³/mol. The van der Waals surface area contributed by atoms with Crippen LogP contribution < -0.4 is 9.62 Å². The summed E-state index contributed by atoms with van der Waals surface area (Å²) in [7, 11) is -3.99. The molecule has 0 saturated carbocycles. The van der Waals surface area contributed by atoms with Crippen molar-refractivity contribution in [2.24, 2.45) is 0 Å². The molecule has 8 heteroatoms. The number of rotatable bonds is 6. The average Bonchev–Trinajstić information content (AvgIpc) is 2.71. The first-order valence-corrected chi connectivity index (χ1v) is 11.3. The summed E-state index contributed by atoms with van der Waals surface area (Å²) in [6.45, 7) is 3.22. The number of halogens is 2. The normalized spacial score (nSPS) is 11.2. The van der Waals surface area contributed by atoms with Crippen LogP contribution in [0, 0.1) is 13.8 Å². The molecule has 0 saturated heterocycles. The third-order valence-corrected chi connectivity index (χ3v) is 6.88. The molecule has 0 heterocycles. The first-order valence-electron chi connectivity index (χ1n) is 9.09. The molecule has 0 spiro atoms. The lowest BCUT2D eigenvalue weighted by Crippen LogP contribution is -2.38. The van der Waals surface area contributed by atoms with Crippen LogP contribution in [0.2, 0.25) is 10.0 Å². The van der Waals surface area contributed by atoms with E-state index >= 15 is 0 Å². The summed E-state index contributed by atoms with van der Waals surface area (Å²) in [5, 5.41) is 3.16. The van der Waals surface area contributed by atoms with Gasteiger partial charge < -0.3 is 5.32 Å². The van der Waals surface area contributed by atoms with Crippen LogP contribution in [0.15, 0.2) is 71.6 Å². The number of aryl methyl sites for hydroxylation is 2. The van der Waals surface area contributed by atoms with Crippen molar-refractivity contribution in [1.29, 1.82) is 0 Å². The van der Waals surface area contributed by atoms with Gasteiger partial charge in [-0.25, -0.2) is 8.42 Å². The van der Waals surface area contributed by atoms with Crippen LogP contribution in [0.3, 0.4) is 0 Å². The molecule has 0 aromatic heterocycles. The quantitative estimate of drug-likeness (QED) is 0.529. The molecule has 0 aliphatic rings. The minimum Gasteiger partial charge on any atom is -0.322 e. The van der Waals surface area contributed by atoms with Gasteiger partial charge >= 0.3 is 0 Å². The van der Waals surface area contributed by atoms with Crippen LogP contribution in [0.25, 0.3) is 0 Å². The van der Waals surface area contributed by atoms with E-state index in [-0.39, 0.29) is 20.6 Å². The summed E-state index contributed by atoms with van der Waals surface area (Å²) in [6, 6.07) is 18.3. The zero-order valence-electron chi connectivity index (χ0n) is 16.4. The number of nitrogens with one attached hydrogen (secondary N) is 1. The van der Waals surface area contributed by atoms with Crippen LogP contribution in [-0.4, -0.2) is 20.9 Å². The van der Waals surface area contributed by atoms with Crippen molar-refractivity contribution in [3.8, 4) is 0 Å². The zero-order chi connectivity index (χ0) is 21.9. The van der Waals surface area contributed by atoms with E-state index in [0.717, 1.165) is 15.4 Å². The smallest absolute Gasteiger partial charge is 0.264 e. The molecule has 0 aliphatic heterocycles. The van der Waals surface area contributed by atoms with Crippen LogP contribution in [0.1, 0.15) is 11.1 Å². The maximum atomic E-state index is 13.4. The average molecular weight is 463 g/mol. The fraction of sp³-hybridized carbons (Fsp3) is 0.136. The molecule has 0 radical (unpaired) electrons. The van der Waals surface area contributed by atoms with Gasteiger partial charge in [0.2, 0.25) is 5.91 Å². The second kappa shape index (κ2) is 9.08. The van der Waals surface area contributed by atoms with Crippen LogP contribution in [-0.2, 0) is 14.8 Å². The summed E-state index contributed by atoms with van der Waals surface area (Å²) < 4.78 is 27.9. The Kier molecular flexibility index (Phi) is 6.71. The van der Waals surface area contributed by atoms with Gasteiger partial charge in [-0.2, -0.15) is 0 Å². The van der Waals surface area contributed by atoms with Gasteiger partial charge in [-0.1, -0.05) is 59.6 Å². The lowest BCUT2D eigenvalue weighted by atomic mass is 10.1. The molecule has 0 atom stereocenters. The Morgan fingerprint density at radius 1 is 0.933 bits per heavy atom. The second-order valence-electron chi connectivity index (χ2n) is 6.76. The lowest BCUT2D eigenvalue weighted by Gasteiger charge is -2.26. The highest BCUT2D eigenvalue weighted by Gasteiger charge is 2.28. The number of anilines is 2. The molecule has 0 fully saturated rings. The topological polar surface area (TPSA) is 66.5 Å². The molecule has 1 amide bonds. The van der Waals surface area contributed by atoms with Gasteiger partial charge in [-0.15, -0.1) is 0 Å². The largest absolute Gasteiger partial charge is 0.322 e. The third kappa shape index (κ3) is 4.78. The van der Waals surface area contributed by atoms with Crippen molar-refractivity contribution in [3.05, 3.63) is 87.9 Å². The molecule has 5 nitrogen and oxygen atoms in total. The minimum absolute atomic E-state index is 0.0921. The van der Waals surface area contributed by atoms with E-state index in [0.29, 0.717) is 5.69 Å². The molecule has 0 unspecified atom stereocenters.